The van der Waals surface area contributed by atoms with Crippen molar-refractivity contribution in [3.8, 4) is 5.75 Å². The first-order valence-electron chi connectivity index (χ1n) is 12.1. The molecule has 0 bridgehead atoms. The summed E-state index contributed by atoms with van der Waals surface area (Å²) < 4.78 is 66.7. The van der Waals surface area contributed by atoms with Crippen molar-refractivity contribution in [3.05, 3.63) is 64.2 Å². The van der Waals surface area contributed by atoms with Gasteiger partial charge in [0.25, 0.3) is 0 Å². The minimum Gasteiger partial charge on any atom is -0.490 e. The van der Waals surface area contributed by atoms with Crippen molar-refractivity contribution in [3.63, 3.8) is 0 Å². The summed E-state index contributed by atoms with van der Waals surface area (Å²) in [6.07, 6.45) is 1.36. The standard InChI is InChI=1S/C26H28ClF2NO5S/c27-17-4-2-16(3-5-17)14-25-11-12-34-21(8-13-36(32,33)26(24(30)31)9-1-10-26)18(25)15-35-23-20(29)7-6-19(28)22(23)25/h2-7,18,21H,1,8-15H2,(H2,30,31)/t18-,21-,25-/m0/s1. The van der Waals surface area contributed by atoms with Crippen molar-refractivity contribution >= 4 is 27.3 Å². The van der Waals surface area contributed by atoms with Crippen LogP contribution in [0.1, 0.15) is 43.2 Å². The maximum absolute atomic E-state index is 15.4. The highest BCUT2D eigenvalue weighted by atomic mass is 35.5. The van der Waals surface area contributed by atoms with Crippen LogP contribution in [0.15, 0.2) is 36.4 Å². The Kier molecular flexibility index (Phi) is 6.54. The number of halogens is 3. The van der Waals surface area contributed by atoms with E-state index in [1.807, 2.05) is 12.1 Å². The molecular weight excluding hydrogens is 512 g/mol. The number of nitrogens with two attached hydrogens (primary N) is 1. The summed E-state index contributed by atoms with van der Waals surface area (Å²) in [7, 11) is -3.82. The van der Waals surface area contributed by atoms with Crippen LogP contribution in [-0.4, -0.2) is 44.1 Å². The zero-order valence-corrected chi connectivity index (χ0v) is 21.2. The summed E-state index contributed by atoms with van der Waals surface area (Å²) in [6, 6.07) is 9.35. The molecule has 0 aromatic heterocycles. The molecule has 2 N–H and O–H groups in total. The molecule has 0 spiro atoms. The fourth-order valence-electron chi connectivity index (χ4n) is 6.17. The maximum atomic E-state index is 15.4. The smallest absolute Gasteiger partial charge is 0.238 e. The van der Waals surface area contributed by atoms with Crippen molar-refractivity contribution in [1.82, 2.24) is 0 Å². The van der Waals surface area contributed by atoms with Gasteiger partial charge in [-0.3, -0.25) is 4.79 Å². The molecule has 1 amide bonds. The predicted molar refractivity (Wildman–Crippen MR) is 131 cm³/mol. The van der Waals surface area contributed by atoms with Crippen LogP contribution in [0, 0.1) is 17.6 Å². The SMILES string of the molecule is NC(=O)C1(S(=O)(=O)CC[C@@H]2OCC[C@@]3(Cc4ccc(Cl)cc4)c4c(F)ccc(F)c4OC[C@@H]23)CCC1. The molecule has 2 aliphatic heterocycles. The van der Waals surface area contributed by atoms with Gasteiger partial charge in [0.1, 0.15) is 5.82 Å². The summed E-state index contributed by atoms with van der Waals surface area (Å²) in [4.78, 5) is 12.0. The van der Waals surface area contributed by atoms with Crippen molar-refractivity contribution in [1.29, 1.82) is 0 Å². The fourth-order valence-corrected chi connectivity index (χ4v) is 8.45. The largest absolute Gasteiger partial charge is 0.490 e. The van der Waals surface area contributed by atoms with Crippen molar-refractivity contribution < 1.29 is 31.5 Å². The van der Waals surface area contributed by atoms with E-state index in [2.05, 4.69) is 0 Å². The summed E-state index contributed by atoms with van der Waals surface area (Å²) in [5.74, 6) is -2.85. The monoisotopic (exact) mass is 539 g/mol. The number of hydrogen-bond donors (Lipinski definition) is 1. The van der Waals surface area contributed by atoms with Gasteiger partial charge in [0.05, 0.1) is 18.5 Å². The average molecular weight is 540 g/mol. The molecule has 194 valence electrons. The molecule has 1 saturated heterocycles. The Balaban J connectivity index is 1.51. The number of ether oxygens (including phenoxy) is 2. The molecule has 2 heterocycles. The van der Waals surface area contributed by atoms with E-state index >= 15 is 4.39 Å². The summed E-state index contributed by atoms with van der Waals surface area (Å²) in [6.45, 7) is 0.289. The fraction of sp³-hybridized carbons (Fsp3) is 0.500. The Hall–Kier alpha value is -2.23. The maximum Gasteiger partial charge on any atom is 0.238 e. The number of hydrogen-bond acceptors (Lipinski definition) is 5. The highest BCUT2D eigenvalue weighted by Crippen LogP contribution is 2.53. The number of fused-ring (bicyclic) bond motifs is 3. The topological polar surface area (TPSA) is 95.7 Å². The zero-order chi connectivity index (χ0) is 25.7. The van der Waals surface area contributed by atoms with Gasteiger partial charge >= 0.3 is 0 Å². The molecular formula is C26H28ClF2NO5S. The third kappa shape index (κ3) is 4.00. The van der Waals surface area contributed by atoms with Gasteiger partial charge in [0.15, 0.2) is 26.2 Å². The lowest BCUT2D eigenvalue weighted by molar-refractivity contribution is -0.122. The number of carbonyl (C=O) groups is 1. The normalized spacial score (nSPS) is 26.8. The number of primary amides is 1. The lowest BCUT2D eigenvalue weighted by Gasteiger charge is -2.51. The first-order chi connectivity index (χ1) is 17.1. The molecule has 1 aliphatic carbocycles. The number of benzene rings is 2. The molecule has 1 saturated carbocycles. The van der Waals surface area contributed by atoms with E-state index in [1.54, 1.807) is 12.1 Å². The van der Waals surface area contributed by atoms with Crippen LogP contribution in [0.2, 0.25) is 5.02 Å². The Morgan fingerprint density at radius 2 is 1.78 bits per heavy atom. The van der Waals surface area contributed by atoms with Crippen LogP contribution < -0.4 is 10.5 Å². The van der Waals surface area contributed by atoms with Crippen LogP contribution >= 0.6 is 11.6 Å². The molecule has 5 rings (SSSR count). The minimum absolute atomic E-state index is 0.0483. The lowest BCUT2D eigenvalue weighted by Crippen LogP contribution is -2.57. The van der Waals surface area contributed by atoms with Crippen LogP contribution in [0.25, 0.3) is 0 Å². The van der Waals surface area contributed by atoms with Gasteiger partial charge in [-0.15, -0.1) is 0 Å². The highest BCUT2D eigenvalue weighted by molar-refractivity contribution is 7.93. The van der Waals surface area contributed by atoms with Crippen molar-refractivity contribution in [2.75, 3.05) is 19.0 Å². The third-order valence-electron chi connectivity index (χ3n) is 8.31. The Morgan fingerprint density at radius 3 is 2.42 bits per heavy atom. The van der Waals surface area contributed by atoms with Crippen molar-refractivity contribution in [2.45, 2.75) is 54.8 Å². The van der Waals surface area contributed by atoms with E-state index in [0.29, 0.717) is 24.3 Å². The van der Waals surface area contributed by atoms with Gasteiger partial charge in [-0.25, -0.2) is 17.2 Å². The van der Waals surface area contributed by atoms with Gasteiger partial charge in [-0.05, 0) is 68.4 Å². The van der Waals surface area contributed by atoms with Gasteiger partial charge in [0, 0.05) is 28.5 Å². The molecule has 2 aromatic rings. The van der Waals surface area contributed by atoms with E-state index in [1.165, 1.54) is 0 Å². The van der Waals surface area contributed by atoms with E-state index in [9.17, 15) is 17.6 Å². The summed E-state index contributed by atoms with van der Waals surface area (Å²) in [5, 5.41) is 0.562. The Labute approximate surface area is 214 Å². The van der Waals surface area contributed by atoms with Crippen LogP contribution in [-0.2, 0) is 31.2 Å². The second-order valence-electron chi connectivity index (χ2n) is 10.1. The van der Waals surface area contributed by atoms with Gasteiger partial charge in [-0.2, -0.15) is 0 Å². The first-order valence-corrected chi connectivity index (χ1v) is 14.1. The molecule has 2 aromatic carbocycles. The van der Waals surface area contributed by atoms with E-state index < -0.39 is 49.6 Å². The molecule has 0 radical (unpaired) electrons. The molecule has 3 atom stereocenters. The third-order valence-corrected chi connectivity index (χ3v) is 11.1. The number of carbonyl (C=O) groups excluding carboxylic acids is 1. The quantitative estimate of drug-likeness (QED) is 0.571. The molecule has 2 fully saturated rings. The molecule has 3 aliphatic rings. The number of rotatable bonds is 7. The van der Waals surface area contributed by atoms with Gasteiger partial charge < -0.3 is 15.2 Å². The number of amides is 1. The van der Waals surface area contributed by atoms with Crippen LogP contribution in [0.3, 0.4) is 0 Å². The molecule has 0 unspecified atom stereocenters. The van der Waals surface area contributed by atoms with Gasteiger partial charge in [-0.1, -0.05) is 23.7 Å². The second kappa shape index (κ2) is 9.26. The van der Waals surface area contributed by atoms with Crippen molar-refractivity contribution in [2.24, 2.45) is 11.7 Å². The Morgan fingerprint density at radius 1 is 1.08 bits per heavy atom. The highest BCUT2D eigenvalue weighted by Gasteiger charge is 2.56. The van der Waals surface area contributed by atoms with Gasteiger partial charge in [0.2, 0.25) is 5.91 Å². The van der Waals surface area contributed by atoms with Crippen LogP contribution in [0.4, 0.5) is 8.78 Å². The Bertz CT molecular complexity index is 1280. The number of sulfone groups is 1. The van der Waals surface area contributed by atoms with Crippen LogP contribution in [0.5, 0.6) is 5.75 Å². The zero-order valence-electron chi connectivity index (χ0n) is 19.6. The first kappa shape index (κ1) is 25.4. The molecule has 10 heteroatoms. The molecule has 36 heavy (non-hydrogen) atoms. The minimum atomic E-state index is -3.82. The second-order valence-corrected chi connectivity index (χ2v) is 12.9. The van der Waals surface area contributed by atoms with E-state index in [0.717, 1.165) is 17.7 Å². The van der Waals surface area contributed by atoms with E-state index in [4.69, 9.17) is 26.8 Å². The predicted octanol–water partition coefficient (Wildman–Crippen LogP) is 4.11. The summed E-state index contributed by atoms with van der Waals surface area (Å²) in [5.41, 5.74) is 5.65. The van der Waals surface area contributed by atoms with E-state index in [-0.39, 0.29) is 49.5 Å². The average Bonchev–Trinajstić information content (AvgIpc) is 2.79. The summed E-state index contributed by atoms with van der Waals surface area (Å²) >= 11 is 6.06. The lowest BCUT2D eigenvalue weighted by atomic mass is 9.60. The molecule has 6 nitrogen and oxygen atoms in total.